The Morgan fingerprint density at radius 3 is 2.71 bits per heavy atom. The highest BCUT2D eigenvalue weighted by Crippen LogP contribution is 2.27. The van der Waals surface area contributed by atoms with Gasteiger partial charge in [-0.3, -0.25) is 0 Å². The summed E-state index contributed by atoms with van der Waals surface area (Å²) in [5.41, 5.74) is 0.937. The molecule has 0 bridgehead atoms. The van der Waals surface area contributed by atoms with Crippen molar-refractivity contribution in [1.29, 1.82) is 0 Å². The van der Waals surface area contributed by atoms with Crippen molar-refractivity contribution in [1.82, 2.24) is 5.32 Å². The average molecular weight is 295 g/mol. The highest BCUT2D eigenvalue weighted by atomic mass is 19.1. The molecule has 2 atom stereocenters. The molecule has 21 heavy (non-hydrogen) atoms. The molecule has 0 radical (unpaired) electrons. The van der Waals surface area contributed by atoms with Crippen molar-refractivity contribution >= 4 is 0 Å². The molecule has 3 nitrogen and oxygen atoms in total. The number of methoxy groups -OCH3 is 1. The molecule has 2 rings (SSSR count). The minimum absolute atomic E-state index is 0.0536. The molecular weight excluding hydrogens is 269 g/mol. The van der Waals surface area contributed by atoms with E-state index in [1.54, 1.807) is 19.2 Å². The Morgan fingerprint density at radius 1 is 1.29 bits per heavy atom. The quantitative estimate of drug-likeness (QED) is 0.869. The van der Waals surface area contributed by atoms with E-state index in [9.17, 15) is 4.39 Å². The molecule has 1 fully saturated rings. The van der Waals surface area contributed by atoms with Crippen LogP contribution in [0.2, 0.25) is 0 Å². The SMILES string of the molecule is COC1CCCC(Oc2ccc(CNC(C)C)cc2F)C1. The lowest BCUT2D eigenvalue weighted by Crippen LogP contribution is -2.29. The van der Waals surface area contributed by atoms with Crippen LogP contribution in [0.5, 0.6) is 5.75 Å². The van der Waals surface area contributed by atoms with E-state index in [4.69, 9.17) is 9.47 Å². The highest BCUT2D eigenvalue weighted by molar-refractivity contribution is 5.29. The smallest absolute Gasteiger partial charge is 0.165 e. The fourth-order valence-electron chi connectivity index (χ4n) is 2.67. The third-order valence-corrected chi connectivity index (χ3v) is 3.92. The van der Waals surface area contributed by atoms with E-state index in [1.807, 2.05) is 6.07 Å². The van der Waals surface area contributed by atoms with Crippen LogP contribution in [0.4, 0.5) is 4.39 Å². The van der Waals surface area contributed by atoms with Crippen LogP contribution in [-0.2, 0) is 11.3 Å². The van der Waals surface area contributed by atoms with Crippen molar-refractivity contribution in [3.8, 4) is 5.75 Å². The molecule has 1 aromatic carbocycles. The van der Waals surface area contributed by atoms with Crippen LogP contribution in [0.25, 0.3) is 0 Å². The Hall–Kier alpha value is -1.13. The Kier molecular flexibility index (Phi) is 6.00. The molecule has 0 aromatic heterocycles. The monoisotopic (exact) mass is 295 g/mol. The summed E-state index contributed by atoms with van der Waals surface area (Å²) in [4.78, 5) is 0. The summed E-state index contributed by atoms with van der Waals surface area (Å²) >= 11 is 0. The van der Waals surface area contributed by atoms with Crippen LogP contribution in [0.15, 0.2) is 18.2 Å². The normalized spacial score (nSPS) is 22.5. The Bertz CT molecular complexity index is 450. The van der Waals surface area contributed by atoms with Crippen molar-refractivity contribution in [3.63, 3.8) is 0 Å². The molecule has 0 amide bonds. The summed E-state index contributed by atoms with van der Waals surface area (Å²) in [7, 11) is 1.73. The maximum atomic E-state index is 14.1. The Morgan fingerprint density at radius 2 is 2.05 bits per heavy atom. The van der Waals surface area contributed by atoms with Crippen LogP contribution in [0.3, 0.4) is 0 Å². The number of rotatable bonds is 6. The molecule has 1 aliphatic carbocycles. The first-order valence-electron chi connectivity index (χ1n) is 7.79. The first-order valence-corrected chi connectivity index (χ1v) is 7.79. The molecular formula is C17H26FNO2. The molecule has 0 saturated heterocycles. The molecule has 0 heterocycles. The van der Waals surface area contributed by atoms with Crippen LogP contribution < -0.4 is 10.1 Å². The van der Waals surface area contributed by atoms with Crippen LogP contribution in [-0.4, -0.2) is 25.4 Å². The van der Waals surface area contributed by atoms with Gasteiger partial charge >= 0.3 is 0 Å². The number of benzene rings is 1. The second-order valence-corrected chi connectivity index (χ2v) is 6.06. The van der Waals surface area contributed by atoms with Crippen molar-refractivity contribution in [3.05, 3.63) is 29.6 Å². The van der Waals surface area contributed by atoms with Gasteiger partial charge in [-0.1, -0.05) is 19.9 Å². The predicted octanol–water partition coefficient (Wildman–Crippen LogP) is 3.66. The van der Waals surface area contributed by atoms with Gasteiger partial charge in [0, 0.05) is 26.1 Å². The molecule has 1 saturated carbocycles. The molecule has 1 aromatic rings. The Labute approximate surface area is 126 Å². The predicted molar refractivity (Wildman–Crippen MR) is 82.1 cm³/mol. The van der Waals surface area contributed by atoms with Crippen molar-refractivity contribution in [2.45, 2.75) is 64.3 Å². The molecule has 2 unspecified atom stereocenters. The van der Waals surface area contributed by atoms with E-state index < -0.39 is 0 Å². The Balaban J connectivity index is 1.94. The van der Waals surface area contributed by atoms with Gasteiger partial charge in [0.2, 0.25) is 0 Å². The fourth-order valence-corrected chi connectivity index (χ4v) is 2.67. The van der Waals surface area contributed by atoms with Gasteiger partial charge in [-0.25, -0.2) is 4.39 Å². The van der Waals surface area contributed by atoms with Crippen molar-refractivity contribution < 1.29 is 13.9 Å². The molecule has 0 spiro atoms. The maximum Gasteiger partial charge on any atom is 0.165 e. The third-order valence-electron chi connectivity index (χ3n) is 3.92. The summed E-state index contributed by atoms with van der Waals surface area (Å²) in [6.07, 6.45) is 4.24. The van der Waals surface area contributed by atoms with E-state index in [0.717, 1.165) is 31.2 Å². The minimum Gasteiger partial charge on any atom is -0.487 e. The molecule has 118 valence electrons. The number of hydrogen-bond donors (Lipinski definition) is 1. The van der Waals surface area contributed by atoms with E-state index in [2.05, 4.69) is 19.2 Å². The summed E-state index contributed by atoms with van der Waals surface area (Å²) < 4.78 is 25.3. The van der Waals surface area contributed by atoms with Gasteiger partial charge in [0.1, 0.15) is 6.10 Å². The number of nitrogens with one attached hydrogen (secondary N) is 1. The lowest BCUT2D eigenvalue weighted by molar-refractivity contribution is 0.0197. The second-order valence-electron chi connectivity index (χ2n) is 6.06. The largest absolute Gasteiger partial charge is 0.487 e. The number of ether oxygens (including phenoxy) is 2. The van der Waals surface area contributed by atoms with Crippen LogP contribution in [0, 0.1) is 5.82 Å². The maximum absolute atomic E-state index is 14.1. The van der Waals surface area contributed by atoms with Crippen LogP contribution in [0.1, 0.15) is 45.1 Å². The number of hydrogen-bond acceptors (Lipinski definition) is 3. The molecule has 1 N–H and O–H groups in total. The zero-order valence-electron chi connectivity index (χ0n) is 13.2. The molecule has 1 aliphatic rings. The van der Waals surface area contributed by atoms with Gasteiger partial charge in [0.05, 0.1) is 6.10 Å². The highest BCUT2D eigenvalue weighted by Gasteiger charge is 2.23. The fraction of sp³-hybridized carbons (Fsp3) is 0.647. The zero-order valence-corrected chi connectivity index (χ0v) is 13.2. The van der Waals surface area contributed by atoms with Gasteiger partial charge < -0.3 is 14.8 Å². The van der Waals surface area contributed by atoms with Gasteiger partial charge in [0.15, 0.2) is 11.6 Å². The molecule has 4 heteroatoms. The second kappa shape index (κ2) is 7.76. The summed E-state index contributed by atoms with van der Waals surface area (Å²) in [5, 5.41) is 3.28. The van der Waals surface area contributed by atoms with E-state index in [0.29, 0.717) is 18.3 Å². The summed E-state index contributed by atoms with van der Waals surface area (Å²) in [5.74, 6) is 0.0719. The van der Waals surface area contributed by atoms with E-state index >= 15 is 0 Å². The van der Waals surface area contributed by atoms with Gasteiger partial charge in [-0.15, -0.1) is 0 Å². The average Bonchev–Trinajstić information content (AvgIpc) is 2.48. The zero-order chi connectivity index (χ0) is 15.2. The first kappa shape index (κ1) is 16.2. The minimum atomic E-state index is -0.280. The van der Waals surface area contributed by atoms with Gasteiger partial charge in [-0.2, -0.15) is 0 Å². The van der Waals surface area contributed by atoms with Gasteiger partial charge in [-0.05, 0) is 37.0 Å². The standard InChI is InChI=1S/C17H26FNO2/c1-12(2)19-11-13-7-8-17(16(18)9-13)21-15-6-4-5-14(10-15)20-3/h7-9,12,14-15,19H,4-6,10-11H2,1-3H3. The van der Waals surface area contributed by atoms with E-state index in [1.165, 1.54) is 0 Å². The topological polar surface area (TPSA) is 30.5 Å². The third kappa shape index (κ3) is 4.97. The van der Waals surface area contributed by atoms with Crippen molar-refractivity contribution in [2.75, 3.05) is 7.11 Å². The first-order chi connectivity index (χ1) is 10.1. The van der Waals surface area contributed by atoms with Gasteiger partial charge in [0.25, 0.3) is 0 Å². The molecule has 0 aliphatic heterocycles. The van der Waals surface area contributed by atoms with Crippen LogP contribution >= 0.6 is 0 Å². The summed E-state index contributed by atoms with van der Waals surface area (Å²) in [6.45, 7) is 4.82. The van der Waals surface area contributed by atoms with E-state index in [-0.39, 0.29) is 18.0 Å². The summed E-state index contributed by atoms with van der Waals surface area (Å²) in [6, 6.07) is 5.60. The van der Waals surface area contributed by atoms with Crippen molar-refractivity contribution in [2.24, 2.45) is 0 Å². The number of halogens is 1. The lowest BCUT2D eigenvalue weighted by atomic mass is 9.95. The lowest BCUT2D eigenvalue weighted by Gasteiger charge is -2.28.